The summed E-state index contributed by atoms with van der Waals surface area (Å²) in [5, 5.41) is 0. The van der Waals surface area contributed by atoms with Gasteiger partial charge in [0.1, 0.15) is 5.92 Å². The molecule has 36 heavy (non-hydrogen) atoms. The van der Waals surface area contributed by atoms with Crippen LogP contribution in [0.1, 0.15) is 36.5 Å². The minimum absolute atomic E-state index is 0.139. The largest absolute Gasteiger partial charge is 0.493 e. The maximum atomic E-state index is 13.4. The Kier molecular flexibility index (Phi) is 8.68. The topological polar surface area (TPSA) is 98.8 Å². The van der Waals surface area contributed by atoms with E-state index in [1.807, 2.05) is 6.07 Å². The fourth-order valence-electron chi connectivity index (χ4n) is 4.54. The Morgan fingerprint density at radius 3 is 1.94 bits per heavy atom. The first-order valence-corrected chi connectivity index (χ1v) is 11.5. The SMILES string of the molecule is CCOC(=O)C1=Cc2cc(OC)c(OC)c(OC)c2[C@H](c2ccc(OC)c(OC)c2)[C@H]1C(=O)OCC. The van der Waals surface area contributed by atoms with E-state index >= 15 is 0 Å². The Hall–Kier alpha value is -3.88. The molecular weight excluding hydrogens is 468 g/mol. The monoisotopic (exact) mass is 500 g/mol. The van der Waals surface area contributed by atoms with Crippen molar-refractivity contribution in [3.63, 3.8) is 0 Å². The van der Waals surface area contributed by atoms with Crippen LogP contribution >= 0.6 is 0 Å². The third-order valence-electron chi connectivity index (χ3n) is 6.01. The molecule has 0 unspecified atom stereocenters. The second kappa shape index (κ2) is 11.7. The fourth-order valence-corrected chi connectivity index (χ4v) is 4.54. The predicted molar refractivity (Wildman–Crippen MR) is 132 cm³/mol. The number of fused-ring (bicyclic) bond motifs is 1. The lowest BCUT2D eigenvalue weighted by Crippen LogP contribution is -2.34. The summed E-state index contributed by atoms with van der Waals surface area (Å²) in [7, 11) is 7.58. The highest BCUT2D eigenvalue weighted by atomic mass is 16.5. The molecule has 0 bridgehead atoms. The highest BCUT2D eigenvalue weighted by Crippen LogP contribution is 2.53. The van der Waals surface area contributed by atoms with Crippen LogP contribution in [-0.4, -0.2) is 60.7 Å². The van der Waals surface area contributed by atoms with Crippen molar-refractivity contribution >= 4 is 18.0 Å². The molecule has 0 heterocycles. The fraction of sp³-hybridized carbons (Fsp3) is 0.407. The zero-order valence-corrected chi connectivity index (χ0v) is 21.6. The molecule has 0 amide bonds. The minimum atomic E-state index is -1.03. The van der Waals surface area contributed by atoms with Crippen molar-refractivity contribution in [2.75, 3.05) is 48.8 Å². The van der Waals surface area contributed by atoms with Gasteiger partial charge >= 0.3 is 11.9 Å². The van der Waals surface area contributed by atoms with Crippen LogP contribution in [0.4, 0.5) is 0 Å². The maximum absolute atomic E-state index is 13.4. The van der Waals surface area contributed by atoms with Crippen molar-refractivity contribution in [1.82, 2.24) is 0 Å². The molecule has 2 aromatic carbocycles. The number of hydrogen-bond acceptors (Lipinski definition) is 9. The van der Waals surface area contributed by atoms with Crippen molar-refractivity contribution < 1.29 is 42.7 Å². The molecule has 0 saturated heterocycles. The van der Waals surface area contributed by atoms with Gasteiger partial charge in [0.2, 0.25) is 5.75 Å². The van der Waals surface area contributed by atoms with Crippen molar-refractivity contribution in [3.05, 3.63) is 46.5 Å². The lowest BCUT2D eigenvalue weighted by molar-refractivity contribution is -0.150. The van der Waals surface area contributed by atoms with Crippen molar-refractivity contribution in [2.45, 2.75) is 19.8 Å². The molecule has 0 N–H and O–H groups in total. The predicted octanol–water partition coefficient (Wildman–Crippen LogP) is 4.00. The van der Waals surface area contributed by atoms with E-state index in [-0.39, 0.29) is 18.8 Å². The van der Waals surface area contributed by atoms with Crippen LogP contribution in [0.25, 0.3) is 6.08 Å². The molecular formula is C27H32O9. The van der Waals surface area contributed by atoms with E-state index in [0.717, 1.165) is 0 Å². The summed E-state index contributed by atoms with van der Waals surface area (Å²) in [5.41, 5.74) is 2.09. The van der Waals surface area contributed by atoms with Gasteiger partial charge in [-0.25, -0.2) is 4.79 Å². The minimum Gasteiger partial charge on any atom is -0.493 e. The van der Waals surface area contributed by atoms with Gasteiger partial charge in [-0.3, -0.25) is 4.79 Å². The molecule has 0 aromatic heterocycles. The van der Waals surface area contributed by atoms with Gasteiger partial charge in [-0.2, -0.15) is 0 Å². The van der Waals surface area contributed by atoms with Crippen LogP contribution in [0.5, 0.6) is 28.7 Å². The molecule has 2 aromatic rings. The summed E-state index contributed by atoms with van der Waals surface area (Å²) in [4.78, 5) is 26.6. The van der Waals surface area contributed by atoms with E-state index in [4.69, 9.17) is 33.2 Å². The van der Waals surface area contributed by atoms with E-state index in [1.54, 1.807) is 38.1 Å². The van der Waals surface area contributed by atoms with E-state index < -0.39 is 23.8 Å². The number of esters is 2. The average Bonchev–Trinajstić information content (AvgIpc) is 2.90. The molecule has 2 atom stereocenters. The number of carbonyl (C=O) groups excluding carboxylic acids is 2. The Morgan fingerprint density at radius 1 is 0.750 bits per heavy atom. The lowest BCUT2D eigenvalue weighted by atomic mass is 9.70. The lowest BCUT2D eigenvalue weighted by Gasteiger charge is -2.34. The van der Waals surface area contributed by atoms with Crippen LogP contribution in [0.2, 0.25) is 0 Å². The Balaban J connectivity index is 2.44. The summed E-state index contributed by atoms with van der Waals surface area (Å²) < 4.78 is 38.7. The molecule has 0 spiro atoms. The molecule has 0 fully saturated rings. The van der Waals surface area contributed by atoms with Gasteiger partial charge in [0.15, 0.2) is 23.0 Å². The first-order chi connectivity index (χ1) is 17.4. The molecule has 9 nitrogen and oxygen atoms in total. The maximum Gasteiger partial charge on any atom is 0.334 e. The second-order valence-electron chi connectivity index (χ2n) is 7.79. The Bertz CT molecular complexity index is 1150. The van der Waals surface area contributed by atoms with Gasteiger partial charge in [-0.15, -0.1) is 0 Å². The number of hydrogen-bond donors (Lipinski definition) is 0. The van der Waals surface area contributed by atoms with Gasteiger partial charge < -0.3 is 33.2 Å². The summed E-state index contributed by atoms with van der Waals surface area (Å²) >= 11 is 0. The molecule has 0 aliphatic heterocycles. The van der Waals surface area contributed by atoms with Crippen molar-refractivity contribution in [3.8, 4) is 28.7 Å². The first-order valence-electron chi connectivity index (χ1n) is 11.5. The number of rotatable bonds is 10. The van der Waals surface area contributed by atoms with Gasteiger partial charge in [-0.05, 0) is 49.2 Å². The summed E-state index contributed by atoms with van der Waals surface area (Å²) in [6.45, 7) is 3.70. The van der Waals surface area contributed by atoms with E-state index in [9.17, 15) is 9.59 Å². The summed E-state index contributed by atoms with van der Waals surface area (Å²) in [6, 6.07) is 7.06. The van der Waals surface area contributed by atoms with Gasteiger partial charge in [-0.1, -0.05) is 6.07 Å². The Labute approximate surface area is 210 Å². The normalized spacial score (nSPS) is 16.2. The molecule has 194 valence electrons. The molecule has 0 saturated carbocycles. The van der Waals surface area contributed by atoms with E-state index in [1.165, 1.54) is 35.5 Å². The average molecular weight is 501 g/mol. The smallest absolute Gasteiger partial charge is 0.334 e. The molecule has 3 rings (SSSR count). The third-order valence-corrected chi connectivity index (χ3v) is 6.01. The standard InChI is InChI=1S/C27H32O9/c1-8-35-26(28)17-12-16-14-20(32-5)24(33-6)25(34-7)22(16)21(23(17)27(29)36-9-2)15-10-11-18(30-3)19(13-15)31-4/h10-14,21,23H,8-9H2,1-7H3/t21-,23-/m0/s1. The highest BCUT2D eigenvalue weighted by Gasteiger charge is 2.45. The zero-order chi connectivity index (χ0) is 26.4. The van der Waals surface area contributed by atoms with Crippen LogP contribution in [0.3, 0.4) is 0 Å². The molecule has 1 aliphatic carbocycles. The van der Waals surface area contributed by atoms with Crippen LogP contribution in [0, 0.1) is 5.92 Å². The molecule has 0 radical (unpaired) electrons. The summed E-state index contributed by atoms with van der Waals surface area (Å²) in [5.74, 6) is -0.788. The van der Waals surface area contributed by atoms with Gasteiger partial charge in [0, 0.05) is 11.5 Å². The van der Waals surface area contributed by atoms with Crippen molar-refractivity contribution in [1.29, 1.82) is 0 Å². The first kappa shape index (κ1) is 26.7. The number of carbonyl (C=O) groups is 2. The Morgan fingerprint density at radius 2 is 1.39 bits per heavy atom. The van der Waals surface area contributed by atoms with Crippen LogP contribution in [-0.2, 0) is 19.1 Å². The molecule has 9 heteroatoms. The number of benzene rings is 2. The molecule has 1 aliphatic rings. The van der Waals surface area contributed by atoms with Gasteiger partial charge in [0.25, 0.3) is 0 Å². The quantitative estimate of drug-likeness (QED) is 0.448. The second-order valence-corrected chi connectivity index (χ2v) is 7.79. The van der Waals surface area contributed by atoms with Crippen LogP contribution < -0.4 is 23.7 Å². The van der Waals surface area contributed by atoms with Gasteiger partial charge in [0.05, 0.1) is 54.3 Å². The third kappa shape index (κ3) is 4.78. The summed E-state index contributed by atoms with van der Waals surface area (Å²) in [6.07, 6.45) is 1.62. The van der Waals surface area contributed by atoms with Crippen LogP contribution in [0.15, 0.2) is 29.8 Å². The number of methoxy groups -OCH3 is 5. The highest BCUT2D eigenvalue weighted by molar-refractivity contribution is 6.02. The van der Waals surface area contributed by atoms with Crippen molar-refractivity contribution in [2.24, 2.45) is 5.92 Å². The number of ether oxygens (including phenoxy) is 7. The zero-order valence-electron chi connectivity index (χ0n) is 21.6. The van der Waals surface area contributed by atoms with E-state index in [0.29, 0.717) is 45.4 Å². The van der Waals surface area contributed by atoms with E-state index in [2.05, 4.69) is 0 Å².